The Hall–Kier alpha value is -2.61. The second-order valence-electron chi connectivity index (χ2n) is 6.72. The molecule has 0 unspecified atom stereocenters. The molecule has 1 N–H and O–H groups in total. The molecule has 0 saturated heterocycles. The molecule has 0 spiro atoms. The van der Waals surface area contributed by atoms with E-state index in [0.717, 1.165) is 11.8 Å². The molecule has 0 saturated carbocycles. The van der Waals surface area contributed by atoms with Crippen LogP contribution in [0.15, 0.2) is 54.6 Å². The van der Waals surface area contributed by atoms with Crippen LogP contribution in [-0.4, -0.2) is 30.2 Å². The number of aromatic nitrogens is 2. The number of anilines is 1. The number of hydrogen-bond donors (Lipinski definition) is 1. The summed E-state index contributed by atoms with van der Waals surface area (Å²) >= 11 is 12.4. The van der Waals surface area contributed by atoms with Crippen molar-refractivity contribution in [3.63, 3.8) is 0 Å². The maximum Gasteiger partial charge on any atom is 0.229 e. The Bertz CT molecular complexity index is 1200. The highest BCUT2D eigenvalue weighted by Crippen LogP contribution is 2.23. The molecule has 0 bridgehead atoms. The van der Waals surface area contributed by atoms with Gasteiger partial charge in [0.15, 0.2) is 5.78 Å². The number of hydrogen-bond acceptors (Lipinski definition) is 4. The second-order valence-corrected chi connectivity index (χ2v) is 9.27. The van der Waals surface area contributed by atoms with Gasteiger partial charge in [-0.05, 0) is 61.0 Å². The zero-order chi connectivity index (χ0) is 21.9. The Labute approximate surface area is 185 Å². The lowest BCUT2D eigenvalue weighted by Crippen LogP contribution is -2.09. The summed E-state index contributed by atoms with van der Waals surface area (Å²) in [5.41, 5.74) is 3.17. The van der Waals surface area contributed by atoms with E-state index < -0.39 is 10.0 Å². The molecule has 0 aliphatic heterocycles. The summed E-state index contributed by atoms with van der Waals surface area (Å²) in [6, 6.07) is 13.6. The average Bonchev–Trinajstić information content (AvgIpc) is 2.94. The summed E-state index contributed by atoms with van der Waals surface area (Å²) in [7, 11) is -3.37. The zero-order valence-electron chi connectivity index (χ0n) is 16.3. The summed E-state index contributed by atoms with van der Waals surface area (Å²) < 4.78 is 26.5. The van der Waals surface area contributed by atoms with Gasteiger partial charge in [-0.2, -0.15) is 5.10 Å². The molecular formula is C21H19Cl2N3O3S. The fourth-order valence-electron chi connectivity index (χ4n) is 2.80. The topological polar surface area (TPSA) is 81.1 Å². The van der Waals surface area contributed by atoms with Crippen LogP contribution >= 0.6 is 23.2 Å². The second kappa shape index (κ2) is 9.04. The van der Waals surface area contributed by atoms with Gasteiger partial charge in [-0.1, -0.05) is 35.3 Å². The van der Waals surface area contributed by atoms with Crippen molar-refractivity contribution in [2.45, 2.75) is 13.5 Å². The summed E-state index contributed by atoms with van der Waals surface area (Å²) in [5, 5.41) is 5.53. The standard InChI is InChI=1S/C21H19Cl2N3O3S/c1-14-19(21(23)26(24-14)13-15-3-7-17(22)8-4-15)11-12-20(27)16-5-9-18(10-6-16)25-30(2,28)29/h3-12,25H,13H2,1-2H3. The van der Waals surface area contributed by atoms with E-state index in [1.54, 1.807) is 35.0 Å². The maximum absolute atomic E-state index is 12.5. The van der Waals surface area contributed by atoms with Gasteiger partial charge >= 0.3 is 0 Å². The Morgan fingerprint density at radius 1 is 1.10 bits per heavy atom. The highest BCUT2D eigenvalue weighted by molar-refractivity contribution is 7.92. The molecule has 0 radical (unpaired) electrons. The number of nitrogens with one attached hydrogen (secondary N) is 1. The number of carbonyl (C=O) groups excluding carboxylic acids is 1. The van der Waals surface area contributed by atoms with E-state index in [2.05, 4.69) is 9.82 Å². The number of benzene rings is 2. The first kappa shape index (κ1) is 22.1. The Balaban J connectivity index is 1.74. The van der Waals surface area contributed by atoms with Crippen LogP contribution in [0.25, 0.3) is 6.08 Å². The molecule has 1 heterocycles. The lowest BCUT2D eigenvalue weighted by atomic mass is 10.1. The SMILES string of the molecule is Cc1nn(Cc2ccc(Cl)cc2)c(Cl)c1C=CC(=O)c1ccc(NS(C)(=O)=O)cc1. The minimum Gasteiger partial charge on any atom is -0.289 e. The van der Waals surface area contributed by atoms with Gasteiger partial charge in [0.25, 0.3) is 0 Å². The van der Waals surface area contributed by atoms with Crippen molar-refractivity contribution in [1.82, 2.24) is 9.78 Å². The van der Waals surface area contributed by atoms with E-state index in [1.807, 2.05) is 19.1 Å². The van der Waals surface area contributed by atoms with E-state index in [9.17, 15) is 13.2 Å². The molecule has 1 aromatic heterocycles. The minimum absolute atomic E-state index is 0.234. The highest BCUT2D eigenvalue weighted by Gasteiger charge is 2.12. The largest absolute Gasteiger partial charge is 0.289 e. The fraction of sp³-hybridized carbons (Fsp3) is 0.143. The normalized spacial score (nSPS) is 11.7. The molecule has 0 atom stereocenters. The number of rotatable bonds is 7. The third-order valence-electron chi connectivity index (χ3n) is 4.23. The van der Waals surface area contributed by atoms with Crippen LogP contribution in [-0.2, 0) is 16.6 Å². The Morgan fingerprint density at radius 2 is 1.73 bits per heavy atom. The summed E-state index contributed by atoms with van der Waals surface area (Å²) in [4.78, 5) is 12.5. The van der Waals surface area contributed by atoms with E-state index >= 15 is 0 Å². The first-order valence-corrected chi connectivity index (χ1v) is 11.5. The molecule has 0 aliphatic rings. The predicted octanol–water partition coefficient (Wildman–Crippen LogP) is 4.81. The maximum atomic E-state index is 12.5. The predicted molar refractivity (Wildman–Crippen MR) is 121 cm³/mol. The fourth-order valence-corrected chi connectivity index (χ4v) is 3.78. The third-order valence-corrected chi connectivity index (χ3v) is 5.49. The number of aryl methyl sites for hydroxylation is 1. The molecule has 2 aromatic carbocycles. The number of allylic oxidation sites excluding steroid dienone is 1. The van der Waals surface area contributed by atoms with Crippen molar-refractivity contribution in [2.75, 3.05) is 11.0 Å². The van der Waals surface area contributed by atoms with Crippen LogP contribution in [0.1, 0.15) is 27.2 Å². The van der Waals surface area contributed by atoms with Gasteiger partial charge in [0.2, 0.25) is 10.0 Å². The van der Waals surface area contributed by atoms with Crippen LogP contribution in [0.5, 0.6) is 0 Å². The van der Waals surface area contributed by atoms with Crippen LogP contribution in [0.4, 0.5) is 5.69 Å². The molecule has 30 heavy (non-hydrogen) atoms. The molecule has 0 aliphatic carbocycles. The molecule has 156 valence electrons. The molecule has 3 aromatic rings. The van der Waals surface area contributed by atoms with E-state index in [4.69, 9.17) is 23.2 Å². The molecule has 9 heteroatoms. The third kappa shape index (κ3) is 5.72. The first-order valence-electron chi connectivity index (χ1n) is 8.90. The van der Waals surface area contributed by atoms with Gasteiger partial charge in [0.05, 0.1) is 18.5 Å². The number of halogens is 2. The van der Waals surface area contributed by atoms with Crippen molar-refractivity contribution in [2.24, 2.45) is 0 Å². The number of sulfonamides is 1. The summed E-state index contributed by atoms with van der Waals surface area (Å²) in [6.07, 6.45) is 4.11. The molecular weight excluding hydrogens is 445 g/mol. The van der Waals surface area contributed by atoms with E-state index in [-0.39, 0.29) is 5.78 Å². The van der Waals surface area contributed by atoms with E-state index in [0.29, 0.717) is 39.2 Å². The van der Waals surface area contributed by atoms with E-state index in [1.165, 1.54) is 18.2 Å². The zero-order valence-corrected chi connectivity index (χ0v) is 18.6. The smallest absolute Gasteiger partial charge is 0.229 e. The van der Waals surface area contributed by atoms with Crippen molar-refractivity contribution in [3.05, 3.63) is 87.2 Å². The van der Waals surface area contributed by atoms with Gasteiger partial charge in [-0.15, -0.1) is 0 Å². The van der Waals surface area contributed by atoms with Gasteiger partial charge in [0.1, 0.15) is 5.15 Å². The molecule has 0 amide bonds. The van der Waals surface area contributed by atoms with Crippen LogP contribution in [0.2, 0.25) is 10.2 Å². The van der Waals surface area contributed by atoms with Crippen molar-refractivity contribution in [3.8, 4) is 0 Å². The monoisotopic (exact) mass is 463 g/mol. The Kier molecular flexibility index (Phi) is 6.65. The first-order chi connectivity index (χ1) is 14.1. The van der Waals surface area contributed by atoms with Crippen LogP contribution < -0.4 is 4.72 Å². The lowest BCUT2D eigenvalue weighted by Gasteiger charge is -2.04. The number of nitrogens with zero attached hydrogens (tertiary/aromatic N) is 2. The van der Waals surface area contributed by atoms with Crippen LogP contribution in [0, 0.1) is 6.92 Å². The lowest BCUT2D eigenvalue weighted by molar-refractivity contribution is 0.104. The average molecular weight is 464 g/mol. The van der Waals surface area contributed by atoms with Gasteiger partial charge in [-0.3, -0.25) is 9.52 Å². The summed E-state index contributed by atoms with van der Waals surface area (Å²) in [6.45, 7) is 2.30. The van der Waals surface area contributed by atoms with Crippen molar-refractivity contribution in [1.29, 1.82) is 0 Å². The number of carbonyl (C=O) groups is 1. The number of ketones is 1. The van der Waals surface area contributed by atoms with Crippen LogP contribution in [0.3, 0.4) is 0 Å². The Morgan fingerprint density at radius 3 is 2.33 bits per heavy atom. The molecule has 3 rings (SSSR count). The summed E-state index contributed by atoms with van der Waals surface area (Å²) in [5.74, 6) is -0.234. The quantitative estimate of drug-likeness (QED) is 0.402. The van der Waals surface area contributed by atoms with Crippen molar-refractivity contribution >= 4 is 50.8 Å². The van der Waals surface area contributed by atoms with Gasteiger partial charge in [0, 0.05) is 21.8 Å². The molecule has 6 nitrogen and oxygen atoms in total. The highest BCUT2D eigenvalue weighted by atomic mass is 35.5. The van der Waals surface area contributed by atoms with Crippen molar-refractivity contribution < 1.29 is 13.2 Å². The minimum atomic E-state index is -3.37. The van der Waals surface area contributed by atoms with Gasteiger partial charge < -0.3 is 0 Å². The molecule has 0 fully saturated rings. The van der Waals surface area contributed by atoms with Gasteiger partial charge in [-0.25, -0.2) is 13.1 Å².